The molecule has 0 unspecified atom stereocenters. The van der Waals surface area contributed by atoms with Gasteiger partial charge in [-0.05, 0) is 53.9 Å². The summed E-state index contributed by atoms with van der Waals surface area (Å²) in [5.74, 6) is -0.108. The number of anilines is 1. The predicted molar refractivity (Wildman–Crippen MR) is 84.5 cm³/mol. The number of amides is 1. The van der Waals surface area contributed by atoms with Gasteiger partial charge in [0, 0.05) is 28.7 Å². The lowest BCUT2D eigenvalue weighted by Gasteiger charge is -2.25. The molecule has 21 heavy (non-hydrogen) atoms. The molecule has 6 nitrogen and oxygen atoms in total. The maximum Gasteiger partial charge on any atom is 0.242 e. The van der Waals surface area contributed by atoms with Crippen LogP contribution in [0.25, 0.3) is 0 Å². The van der Waals surface area contributed by atoms with Crippen LogP contribution in [-0.2, 0) is 21.2 Å². The molecule has 8 heteroatoms. The first kappa shape index (κ1) is 16.4. The van der Waals surface area contributed by atoms with Gasteiger partial charge in [0.15, 0.2) is 0 Å². The minimum atomic E-state index is -3.74. The minimum Gasteiger partial charge on any atom is -0.329 e. The van der Waals surface area contributed by atoms with E-state index in [1.54, 1.807) is 19.9 Å². The maximum atomic E-state index is 12.5. The summed E-state index contributed by atoms with van der Waals surface area (Å²) in [5, 5.41) is 2.70. The number of benzene rings is 1. The maximum absolute atomic E-state index is 12.5. The quantitative estimate of drug-likeness (QED) is 0.738. The number of nitrogens with two attached hydrogens (primary N) is 1. The molecule has 1 aliphatic heterocycles. The Balaban J connectivity index is 2.44. The van der Waals surface area contributed by atoms with Crippen LogP contribution < -0.4 is 15.8 Å². The van der Waals surface area contributed by atoms with Gasteiger partial charge in [-0.15, -0.1) is 0 Å². The zero-order valence-electron chi connectivity index (χ0n) is 11.9. The van der Waals surface area contributed by atoms with E-state index in [4.69, 9.17) is 5.73 Å². The number of fused-ring (bicyclic) bond motifs is 1. The van der Waals surface area contributed by atoms with Crippen LogP contribution >= 0.6 is 15.9 Å². The molecule has 1 heterocycles. The van der Waals surface area contributed by atoms with Crippen molar-refractivity contribution in [3.05, 3.63) is 22.2 Å². The Bertz CT molecular complexity index is 686. The van der Waals surface area contributed by atoms with Crippen molar-refractivity contribution in [2.45, 2.75) is 37.1 Å². The van der Waals surface area contributed by atoms with Gasteiger partial charge in [-0.3, -0.25) is 4.79 Å². The molecule has 2 rings (SSSR count). The Morgan fingerprint density at radius 1 is 1.38 bits per heavy atom. The number of carbonyl (C=O) groups is 1. The van der Waals surface area contributed by atoms with E-state index in [0.717, 1.165) is 5.56 Å². The van der Waals surface area contributed by atoms with E-state index < -0.39 is 15.6 Å². The van der Waals surface area contributed by atoms with Crippen LogP contribution in [0, 0.1) is 0 Å². The number of hydrogen-bond donors (Lipinski definition) is 3. The van der Waals surface area contributed by atoms with E-state index in [0.29, 0.717) is 23.0 Å². The summed E-state index contributed by atoms with van der Waals surface area (Å²) >= 11 is 3.29. The van der Waals surface area contributed by atoms with E-state index >= 15 is 0 Å². The fourth-order valence-electron chi connectivity index (χ4n) is 2.05. The van der Waals surface area contributed by atoms with Gasteiger partial charge < -0.3 is 11.1 Å². The molecule has 1 amide bonds. The number of sulfonamides is 1. The van der Waals surface area contributed by atoms with Crippen molar-refractivity contribution in [3.63, 3.8) is 0 Å². The average Bonchev–Trinajstić information content (AvgIpc) is 2.37. The van der Waals surface area contributed by atoms with Crippen LogP contribution in [0.5, 0.6) is 0 Å². The molecule has 1 aliphatic rings. The average molecular weight is 376 g/mol. The summed E-state index contributed by atoms with van der Waals surface area (Å²) in [6.07, 6.45) is 1.01. The molecule has 1 aromatic carbocycles. The Morgan fingerprint density at radius 2 is 2.05 bits per heavy atom. The van der Waals surface area contributed by atoms with E-state index in [9.17, 15) is 13.2 Å². The van der Waals surface area contributed by atoms with Crippen molar-refractivity contribution in [1.82, 2.24) is 4.72 Å². The fraction of sp³-hybridized carbons (Fsp3) is 0.462. The Kier molecular flexibility index (Phi) is 4.44. The van der Waals surface area contributed by atoms with Crippen LogP contribution in [-0.4, -0.2) is 26.4 Å². The molecule has 0 bridgehead atoms. The number of aryl methyl sites for hydroxylation is 1. The number of carbonyl (C=O) groups excluding carboxylic acids is 1. The molecule has 0 spiro atoms. The molecular formula is C13H18BrN3O3S. The summed E-state index contributed by atoms with van der Waals surface area (Å²) in [6, 6.07) is 3.21. The number of hydrogen-bond acceptors (Lipinski definition) is 4. The minimum absolute atomic E-state index is 0.0879. The first-order valence-corrected chi connectivity index (χ1v) is 8.78. The molecule has 0 atom stereocenters. The summed E-state index contributed by atoms with van der Waals surface area (Å²) in [6.45, 7) is 3.59. The topological polar surface area (TPSA) is 101 Å². The summed E-state index contributed by atoms with van der Waals surface area (Å²) in [7, 11) is -3.74. The molecule has 0 aromatic heterocycles. The van der Waals surface area contributed by atoms with E-state index in [2.05, 4.69) is 26.0 Å². The van der Waals surface area contributed by atoms with E-state index in [1.165, 1.54) is 6.07 Å². The highest BCUT2D eigenvalue weighted by atomic mass is 79.9. The highest BCUT2D eigenvalue weighted by Crippen LogP contribution is 2.32. The third-order valence-electron chi connectivity index (χ3n) is 3.26. The molecule has 4 N–H and O–H groups in total. The standard InChI is InChI=1S/C13H18BrN3O3S/c1-13(2,7-15)17-21(19,20)11-6-10-8(5-9(11)14)3-4-12(18)16-10/h5-6,17H,3-4,7,15H2,1-2H3,(H,16,18). The van der Waals surface area contributed by atoms with Crippen molar-refractivity contribution in [1.29, 1.82) is 0 Å². The van der Waals surface area contributed by atoms with Crippen LogP contribution in [0.4, 0.5) is 5.69 Å². The molecule has 0 saturated carbocycles. The monoisotopic (exact) mass is 375 g/mol. The summed E-state index contributed by atoms with van der Waals surface area (Å²) in [5.41, 5.74) is 6.27. The zero-order chi connectivity index (χ0) is 15.8. The molecule has 0 fully saturated rings. The molecule has 0 radical (unpaired) electrons. The van der Waals surface area contributed by atoms with Crippen molar-refractivity contribution in [2.75, 3.05) is 11.9 Å². The third-order valence-corrected chi connectivity index (χ3v) is 5.92. The van der Waals surface area contributed by atoms with Crippen LogP contribution in [0.3, 0.4) is 0 Å². The molecule has 0 aliphatic carbocycles. The van der Waals surface area contributed by atoms with Crippen LogP contribution in [0.2, 0.25) is 0 Å². The highest BCUT2D eigenvalue weighted by molar-refractivity contribution is 9.10. The Morgan fingerprint density at radius 3 is 2.67 bits per heavy atom. The van der Waals surface area contributed by atoms with Crippen molar-refractivity contribution < 1.29 is 13.2 Å². The highest BCUT2D eigenvalue weighted by Gasteiger charge is 2.28. The summed E-state index contributed by atoms with van der Waals surface area (Å²) in [4.78, 5) is 11.5. The second-order valence-corrected chi connectivity index (χ2v) is 8.19. The number of nitrogens with one attached hydrogen (secondary N) is 2. The number of rotatable bonds is 4. The second-order valence-electron chi connectivity index (χ2n) is 5.68. The molecule has 116 valence electrons. The first-order chi connectivity index (χ1) is 9.64. The predicted octanol–water partition coefficient (Wildman–Crippen LogP) is 1.35. The van der Waals surface area contributed by atoms with Gasteiger partial charge in [-0.25, -0.2) is 13.1 Å². The number of halogens is 1. The molecule has 0 saturated heterocycles. The second kappa shape index (κ2) is 5.68. The summed E-state index contributed by atoms with van der Waals surface area (Å²) < 4.78 is 28.0. The smallest absolute Gasteiger partial charge is 0.242 e. The van der Waals surface area contributed by atoms with Crippen molar-refractivity contribution >= 4 is 37.5 Å². The van der Waals surface area contributed by atoms with E-state index in [-0.39, 0.29) is 17.3 Å². The normalized spacial score (nSPS) is 15.5. The lowest BCUT2D eigenvalue weighted by Crippen LogP contribution is -2.48. The largest absolute Gasteiger partial charge is 0.329 e. The van der Waals surface area contributed by atoms with Crippen molar-refractivity contribution in [2.24, 2.45) is 5.73 Å². The van der Waals surface area contributed by atoms with Crippen LogP contribution in [0.1, 0.15) is 25.8 Å². The molecular weight excluding hydrogens is 358 g/mol. The molecule has 1 aromatic rings. The SMILES string of the molecule is CC(C)(CN)NS(=O)(=O)c1cc2c(cc1Br)CCC(=O)N2. The first-order valence-electron chi connectivity index (χ1n) is 6.51. The van der Waals surface area contributed by atoms with Gasteiger partial charge in [0.25, 0.3) is 0 Å². The Hall–Kier alpha value is -0.960. The van der Waals surface area contributed by atoms with E-state index in [1.807, 2.05) is 0 Å². The van der Waals surface area contributed by atoms with Crippen LogP contribution in [0.15, 0.2) is 21.5 Å². The Labute approximate surface area is 132 Å². The van der Waals surface area contributed by atoms with Gasteiger partial charge in [-0.1, -0.05) is 0 Å². The lowest BCUT2D eigenvalue weighted by molar-refractivity contribution is -0.116. The lowest BCUT2D eigenvalue weighted by atomic mass is 10.0. The van der Waals surface area contributed by atoms with Gasteiger partial charge in [0.05, 0.1) is 4.90 Å². The zero-order valence-corrected chi connectivity index (χ0v) is 14.3. The van der Waals surface area contributed by atoms with Gasteiger partial charge in [-0.2, -0.15) is 0 Å². The fourth-order valence-corrected chi connectivity index (χ4v) is 4.58. The van der Waals surface area contributed by atoms with Crippen molar-refractivity contribution in [3.8, 4) is 0 Å². The third kappa shape index (κ3) is 3.63. The van der Waals surface area contributed by atoms with Gasteiger partial charge in [0.1, 0.15) is 0 Å². The van der Waals surface area contributed by atoms with Gasteiger partial charge in [0.2, 0.25) is 15.9 Å². The van der Waals surface area contributed by atoms with Gasteiger partial charge >= 0.3 is 0 Å².